The van der Waals surface area contributed by atoms with Gasteiger partial charge in [-0.1, -0.05) is 13.8 Å². The van der Waals surface area contributed by atoms with Crippen molar-refractivity contribution in [3.05, 3.63) is 0 Å². The maximum absolute atomic E-state index is 9.23. The Hall–Kier alpha value is -0.120. The Labute approximate surface area is 87.1 Å². The van der Waals surface area contributed by atoms with E-state index in [9.17, 15) is 5.11 Å². The maximum Gasteiger partial charge on any atom is 0.0593 e. The molecule has 0 aromatic rings. The molecule has 1 rings (SSSR count). The highest BCUT2D eigenvalue weighted by Crippen LogP contribution is 2.22. The van der Waals surface area contributed by atoms with Crippen LogP contribution in [0.4, 0.5) is 0 Å². The largest absolute Gasteiger partial charge is 0.395 e. The molecular weight excluding hydrogens is 178 g/mol. The van der Waals surface area contributed by atoms with Gasteiger partial charge in [-0.05, 0) is 25.3 Å². The Morgan fingerprint density at radius 2 is 2.21 bits per heavy atom. The van der Waals surface area contributed by atoms with Crippen molar-refractivity contribution in [2.75, 3.05) is 32.9 Å². The van der Waals surface area contributed by atoms with Gasteiger partial charge in [0.15, 0.2) is 0 Å². The first-order valence-electron chi connectivity index (χ1n) is 5.72. The van der Waals surface area contributed by atoms with E-state index in [2.05, 4.69) is 18.7 Å². The lowest BCUT2D eigenvalue weighted by Gasteiger charge is -2.24. The molecule has 84 valence electrons. The van der Waals surface area contributed by atoms with Gasteiger partial charge < -0.3 is 9.84 Å². The molecule has 1 aliphatic rings. The third kappa shape index (κ3) is 3.23. The number of nitrogens with zero attached hydrogens (tertiary/aromatic N) is 1. The fraction of sp³-hybridized carbons (Fsp3) is 1.00. The fourth-order valence-corrected chi connectivity index (χ4v) is 2.09. The molecule has 0 radical (unpaired) electrons. The van der Waals surface area contributed by atoms with Crippen LogP contribution in [0.25, 0.3) is 0 Å². The fourth-order valence-electron chi connectivity index (χ4n) is 2.09. The van der Waals surface area contributed by atoms with Gasteiger partial charge in [-0.15, -0.1) is 0 Å². The Balaban J connectivity index is 2.17. The number of likely N-dealkylation sites (tertiary alicyclic amines) is 1. The Bertz CT molecular complexity index is 152. The van der Waals surface area contributed by atoms with Gasteiger partial charge in [0.1, 0.15) is 0 Å². The van der Waals surface area contributed by atoms with Gasteiger partial charge in [-0.3, -0.25) is 4.90 Å². The molecule has 0 aromatic carbocycles. The summed E-state index contributed by atoms with van der Waals surface area (Å²) in [5.41, 5.74) is 0. The smallest absolute Gasteiger partial charge is 0.0593 e. The average molecular weight is 201 g/mol. The van der Waals surface area contributed by atoms with E-state index in [1.54, 1.807) is 0 Å². The van der Waals surface area contributed by atoms with Gasteiger partial charge in [0.05, 0.1) is 13.2 Å². The van der Waals surface area contributed by atoms with Crippen LogP contribution in [0, 0.1) is 5.92 Å². The first-order chi connectivity index (χ1) is 6.79. The summed E-state index contributed by atoms with van der Waals surface area (Å²) in [6.07, 6.45) is 2.29. The first-order valence-corrected chi connectivity index (χ1v) is 5.72. The lowest BCUT2D eigenvalue weighted by Crippen LogP contribution is -2.37. The molecule has 1 N–H and O–H groups in total. The second kappa shape index (κ2) is 6.38. The number of aliphatic hydroxyl groups is 1. The van der Waals surface area contributed by atoms with E-state index >= 15 is 0 Å². The highest BCUT2D eigenvalue weighted by molar-refractivity contribution is 4.83. The lowest BCUT2D eigenvalue weighted by molar-refractivity contribution is 0.0789. The molecule has 0 saturated carbocycles. The number of ether oxygens (including phenoxy) is 1. The minimum absolute atomic E-state index is 0.287. The molecule has 1 heterocycles. The van der Waals surface area contributed by atoms with Gasteiger partial charge in [0, 0.05) is 19.2 Å². The quantitative estimate of drug-likeness (QED) is 0.654. The zero-order chi connectivity index (χ0) is 10.4. The molecule has 2 atom stereocenters. The summed E-state index contributed by atoms with van der Waals surface area (Å²) in [7, 11) is 0. The molecule has 1 saturated heterocycles. The second-order valence-corrected chi connectivity index (χ2v) is 4.16. The van der Waals surface area contributed by atoms with Crippen molar-refractivity contribution in [1.82, 2.24) is 4.90 Å². The molecule has 0 aliphatic carbocycles. The van der Waals surface area contributed by atoms with Gasteiger partial charge in [-0.2, -0.15) is 0 Å². The molecule has 1 fully saturated rings. The molecular formula is C11H23NO2. The normalized spacial score (nSPS) is 28.5. The van der Waals surface area contributed by atoms with Crippen molar-refractivity contribution in [3.8, 4) is 0 Å². The van der Waals surface area contributed by atoms with E-state index in [0.717, 1.165) is 32.7 Å². The minimum atomic E-state index is 0.287. The third-order valence-corrected chi connectivity index (χ3v) is 3.06. The van der Waals surface area contributed by atoms with Crippen LogP contribution in [-0.4, -0.2) is 49.0 Å². The Morgan fingerprint density at radius 1 is 1.43 bits per heavy atom. The minimum Gasteiger partial charge on any atom is -0.395 e. The molecule has 3 heteroatoms. The van der Waals surface area contributed by atoms with Crippen LogP contribution in [0.2, 0.25) is 0 Å². The topological polar surface area (TPSA) is 32.7 Å². The summed E-state index contributed by atoms with van der Waals surface area (Å²) < 4.78 is 5.45. The SMILES string of the molecule is CCCOCCN1CCC(C)C1CO. The van der Waals surface area contributed by atoms with Crippen LogP contribution >= 0.6 is 0 Å². The number of aliphatic hydroxyl groups excluding tert-OH is 1. The van der Waals surface area contributed by atoms with Gasteiger partial charge in [-0.25, -0.2) is 0 Å². The predicted octanol–water partition coefficient (Wildman–Crippen LogP) is 1.12. The molecule has 0 spiro atoms. The monoisotopic (exact) mass is 201 g/mol. The lowest BCUT2D eigenvalue weighted by atomic mass is 10.0. The first kappa shape index (κ1) is 12.0. The van der Waals surface area contributed by atoms with Crippen LogP contribution in [0.15, 0.2) is 0 Å². The maximum atomic E-state index is 9.23. The highest BCUT2D eigenvalue weighted by atomic mass is 16.5. The van der Waals surface area contributed by atoms with Crippen LogP contribution in [-0.2, 0) is 4.74 Å². The van der Waals surface area contributed by atoms with Crippen LogP contribution in [0.1, 0.15) is 26.7 Å². The van der Waals surface area contributed by atoms with Crippen molar-refractivity contribution < 1.29 is 9.84 Å². The van der Waals surface area contributed by atoms with E-state index in [4.69, 9.17) is 4.74 Å². The Morgan fingerprint density at radius 3 is 2.86 bits per heavy atom. The van der Waals surface area contributed by atoms with Gasteiger partial charge >= 0.3 is 0 Å². The summed E-state index contributed by atoms with van der Waals surface area (Å²) in [6.45, 7) is 8.36. The summed E-state index contributed by atoms with van der Waals surface area (Å²) in [5.74, 6) is 0.631. The predicted molar refractivity (Wildman–Crippen MR) is 57.3 cm³/mol. The van der Waals surface area contributed by atoms with E-state index < -0.39 is 0 Å². The third-order valence-electron chi connectivity index (χ3n) is 3.06. The van der Waals surface area contributed by atoms with Gasteiger partial charge in [0.25, 0.3) is 0 Å². The van der Waals surface area contributed by atoms with Crippen LogP contribution in [0.3, 0.4) is 0 Å². The number of rotatable bonds is 6. The Kier molecular flexibility index (Phi) is 5.45. The molecule has 0 amide bonds. The van der Waals surface area contributed by atoms with Crippen molar-refractivity contribution >= 4 is 0 Å². The van der Waals surface area contributed by atoms with E-state index in [0.29, 0.717) is 12.0 Å². The van der Waals surface area contributed by atoms with E-state index in [-0.39, 0.29) is 6.61 Å². The van der Waals surface area contributed by atoms with Crippen LogP contribution in [0.5, 0.6) is 0 Å². The zero-order valence-corrected chi connectivity index (χ0v) is 9.41. The molecule has 2 unspecified atom stereocenters. The van der Waals surface area contributed by atoms with E-state index in [1.807, 2.05) is 0 Å². The summed E-state index contributed by atoms with van der Waals surface area (Å²) in [5, 5.41) is 9.23. The molecule has 0 bridgehead atoms. The molecule has 14 heavy (non-hydrogen) atoms. The molecule has 3 nitrogen and oxygen atoms in total. The summed E-state index contributed by atoms with van der Waals surface area (Å²) in [4.78, 5) is 2.35. The molecule has 1 aliphatic heterocycles. The van der Waals surface area contributed by atoms with Crippen molar-refractivity contribution in [3.63, 3.8) is 0 Å². The van der Waals surface area contributed by atoms with Gasteiger partial charge in [0.2, 0.25) is 0 Å². The van der Waals surface area contributed by atoms with Crippen LogP contribution < -0.4 is 0 Å². The highest BCUT2D eigenvalue weighted by Gasteiger charge is 2.29. The standard InChI is InChI=1S/C11H23NO2/c1-3-7-14-8-6-12-5-4-10(2)11(12)9-13/h10-11,13H,3-9H2,1-2H3. The summed E-state index contributed by atoms with van der Waals surface area (Å²) >= 11 is 0. The summed E-state index contributed by atoms with van der Waals surface area (Å²) in [6, 6.07) is 0.361. The van der Waals surface area contributed by atoms with Crippen molar-refractivity contribution in [2.24, 2.45) is 5.92 Å². The second-order valence-electron chi connectivity index (χ2n) is 4.16. The zero-order valence-electron chi connectivity index (χ0n) is 9.41. The molecule has 0 aromatic heterocycles. The van der Waals surface area contributed by atoms with E-state index in [1.165, 1.54) is 6.42 Å². The average Bonchev–Trinajstić information content (AvgIpc) is 2.54. The number of hydrogen-bond donors (Lipinski definition) is 1. The number of hydrogen-bond acceptors (Lipinski definition) is 3. The van der Waals surface area contributed by atoms with Crippen molar-refractivity contribution in [1.29, 1.82) is 0 Å². The van der Waals surface area contributed by atoms with Crippen molar-refractivity contribution in [2.45, 2.75) is 32.7 Å².